The van der Waals surface area contributed by atoms with Gasteiger partial charge in [-0.25, -0.2) is 0 Å². The zero-order chi connectivity index (χ0) is 13.1. The number of anilines is 1. The van der Waals surface area contributed by atoms with Gasteiger partial charge in [-0.05, 0) is 44.0 Å². The van der Waals surface area contributed by atoms with Crippen LogP contribution in [0.15, 0.2) is 18.2 Å². The van der Waals surface area contributed by atoms with Crippen LogP contribution in [0.25, 0.3) is 0 Å². The first-order valence-corrected chi connectivity index (χ1v) is 6.27. The Balaban J connectivity index is 2.14. The van der Waals surface area contributed by atoms with Gasteiger partial charge in [0.2, 0.25) is 5.91 Å². The number of ketones is 1. The van der Waals surface area contributed by atoms with Crippen LogP contribution in [0, 0.1) is 0 Å². The average Bonchev–Trinajstić information content (AvgIpc) is 2.72. The second-order valence-corrected chi connectivity index (χ2v) is 4.52. The predicted molar refractivity (Wildman–Crippen MR) is 71.0 cm³/mol. The fourth-order valence-electron chi connectivity index (χ4n) is 2.28. The Kier molecular flexibility index (Phi) is 3.65. The third-order valence-corrected chi connectivity index (χ3v) is 3.19. The Labute approximate surface area is 107 Å². The van der Waals surface area contributed by atoms with Crippen molar-refractivity contribution in [3.05, 3.63) is 29.3 Å². The van der Waals surface area contributed by atoms with Gasteiger partial charge in [-0.15, -0.1) is 0 Å². The molecule has 4 heteroatoms. The molecule has 0 bridgehead atoms. The summed E-state index contributed by atoms with van der Waals surface area (Å²) in [6.07, 6.45) is 0.899. The van der Waals surface area contributed by atoms with E-state index in [1.807, 2.05) is 25.1 Å². The molecule has 18 heavy (non-hydrogen) atoms. The van der Waals surface area contributed by atoms with Gasteiger partial charge in [0.15, 0.2) is 5.78 Å². The van der Waals surface area contributed by atoms with Gasteiger partial charge >= 0.3 is 0 Å². The summed E-state index contributed by atoms with van der Waals surface area (Å²) in [5.41, 5.74) is 2.98. The van der Waals surface area contributed by atoms with Gasteiger partial charge in [-0.1, -0.05) is 0 Å². The second kappa shape index (κ2) is 5.21. The molecule has 0 unspecified atom stereocenters. The van der Waals surface area contributed by atoms with E-state index in [1.165, 1.54) is 0 Å². The molecule has 96 valence electrons. The molecular weight excluding hydrogens is 228 g/mol. The van der Waals surface area contributed by atoms with Crippen LogP contribution in [0.3, 0.4) is 0 Å². The van der Waals surface area contributed by atoms with E-state index >= 15 is 0 Å². The number of benzene rings is 1. The molecule has 1 heterocycles. The highest BCUT2D eigenvalue weighted by Gasteiger charge is 2.21. The van der Waals surface area contributed by atoms with Gasteiger partial charge in [0.25, 0.3) is 0 Å². The number of likely N-dealkylation sites (N-methyl/N-ethyl adjacent to an activating group) is 1. The van der Waals surface area contributed by atoms with Gasteiger partial charge in [-0.3, -0.25) is 9.59 Å². The Bertz CT molecular complexity index is 483. The lowest BCUT2D eigenvalue weighted by molar-refractivity contribution is -0.119. The van der Waals surface area contributed by atoms with E-state index in [4.69, 9.17) is 0 Å². The van der Waals surface area contributed by atoms with Crippen molar-refractivity contribution in [2.45, 2.75) is 20.3 Å². The van der Waals surface area contributed by atoms with Crippen molar-refractivity contribution < 1.29 is 9.59 Å². The molecule has 0 spiro atoms. The second-order valence-electron chi connectivity index (χ2n) is 4.52. The summed E-state index contributed by atoms with van der Waals surface area (Å²) in [6.45, 7) is 5.37. The van der Waals surface area contributed by atoms with Crippen molar-refractivity contribution in [1.82, 2.24) is 5.32 Å². The molecule has 1 N–H and O–H groups in total. The van der Waals surface area contributed by atoms with Crippen molar-refractivity contribution in [1.29, 1.82) is 0 Å². The highest BCUT2D eigenvalue weighted by Crippen LogP contribution is 2.28. The maximum Gasteiger partial charge on any atom is 0.239 e. The zero-order valence-electron chi connectivity index (χ0n) is 10.8. The van der Waals surface area contributed by atoms with E-state index in [-0.39, 0.29) is 11.7 Å². The first kappa shape index (κ1) is 12.6. The summed E-state index contributed by atoms with van der Waals surface area (Å²) in [5.74, 6) is 0.126. The van der Waals surface area contributed by atoms with Crippen molar-refractivity contribution >= 4 is 17.4 Å². The van der Waals surface area contributed by atoms with E-state index in [2.05, 4.69) is 10.2 Å². The van der Waals surface area contributed by atoms with Gasteiger partial charge in [0.1, 0.15) is 0 Å². The van der Waals surface area contributed by atoms with E-state index in [0.717, 1.165) is 29.8 Å². The largest absolute Gasteiger partial charge is 0.362 e. The number of amides is 1. The van der Waals surface area contributed by atoms with Crippen molar-refractivity contribution in [3.63, 3.8) is 0 Å². The van der Waals surface area contributed by atoms with Crippen molar-refractivity contribution in [3.8, 4) is 0 Å². The number of carbonyl (C=O) groups excluding carboxylic acids is 2. The van der Waals surface area contributed by atoms with E-state index < -0.39 is 0 Å². The van der Waals surface area contributed by atoms with Crippen LogP contribution in [0.5, 0.6) is 0 Å². The summed E-state index contributed by atoms with van der Waals surface area (Å²) in [7, 11) is 0. The van der Waals surface area contributed by atoms with Gasteiger partial charge in [0.05, 0.1) is 6.54 Å². The molecule has 1 aromatic carbocycles. The molecule has 2 rings (SSSR count). The van der Waals surface area contributed by atoms with Crippen LogP contribution in [-0.4, -0.2) is 31.3 Å². The molecule has 0 saturated heterocycles. The average molecular weight is 246 g/mol. The smallest absolute Gasteiger partial charge is 0.239 e. The number of rotatable bonds is 4. The van der Waals surface area contributed by atoms with Gasteiger partial charge in [-0.2, -0.15) is 0 Å². The van der Waals surface area contributed by atoms with Crippen LogP contribution in [-0.2, 0) is 11.2 Å². The monoisotopic (exact) mass is 246 g/mol. The fourth-order valence-corrected chi connectivity index (χ4v) is 2.28. The van der Waals surface area contributed by atoms with Gasteiger partial charge in [0, 0.05) is 24.3 Å². The third kappa shape index (κ3) is 2.53. The number of hydrogen-bond acceptors (Lipinski definition) is 3. The summed E-state index contributed by atoms with van der Waals surface area (Å²) in [4.78, 5) is 24.9. The predicted octanol–water partition coefficient (Wildman–Crippen LogP) is 1.39. The maximum atomic E-state index is 11.6. The molecule has 0 fully saturated rings. The highest BCUT2D eigenvalue weighted by atomic mass is 16.2. The normalized spacial score (nSPS) is 13.3. The van der Waals surface area contributed by atoms with E-state index in [1.54, 1.807) is 6.92 Å². The standard InChI is InChI=1S/C14H18N2O2/c1-3-15-14(18)9-16-7-6-12-8-11(10(2)17)4-5-13(12)16/h4-5,8H,3,6-7,9H2,1-2H3,(H,15,18). The highest BCUT2D eigenvalue weighted by molar-refractivity contribution is 5.95. The molecule has 0 atom stereocenters. The van der Waals surface area contributed by atoms with Crippen molar-refractivity contribution in [2.24, 2.45) is 0 Å². The lowest BCUT2D eigenvalue weighted by Gasteiger charge is -2.18. The summed E-state index contributed by atoms with van der Waals surface area (Å²) in [5, 5.41) is 2.80. The van der Waals surface area contributed by atoms with Crippen LogP contribution < -0.4 is 10.2 Å². The molecule has 0 saturated carbocycles. The summed E-state index contributed by atoms with van der Waals surface area (Å²) in [6, 6.07) is 5.71. The summed E-state index contributed by atoms with van der Waals surface area (Å²) < 4.78 is 0. The lowest BCUT2D eigenvalue weighted by atomic mass is 10.1. The molecule has 4 nitrogen and oxygen atoms in total. The zero-order valence-corrected chi connectivity index (χ0v) is 10.8. The molecule has 1 amide bonds. The minimum absolute atomic E-state index is 0.0426. The Morgan fingerprint density at radius 2 is 2.17 bits per heavy atom. The first-order valence-electron chi connectivity index (χ1n) is 6.27. The number of hydrogen-bond donors (Lipinski definition) is 1. The number of Topliss-reactive ketones (excluding diaryl/α,β-unsaturated/α-hetero) is 1. The van der Waals surface area contributed by atoms with Crippen molar-refractivity contribution in [2.75, 3.05) is 24.5 Å². The van der Waals surface area contributed by atoms with Crippen LogP contribution in [0.1, 0.15) is 29.8 Å². The molecule has 1 aliphatic rings. The molecule has 0 aromatic heterocycles. The first-order chi connectivity index (χ1) is 8.61. The Morgan fingerprint density at radius 3 is 2.83 bits per heavy atom. The minimum Gasteiger partial charge on any atom is -0.362 e. The van der Waals surface area contributed by atoms with Gasteiger partial charge < -0.3 is 10.2 Å². The molecular formula is C14H18N2O2. The quantitative estimate of drug-likeness (QED) is 0.817. The number of carbonyl (C=O) groups is 2. The minimum atomic E-state index is 0.0426. The Morgan fingerprint density at radius 1 is 1.39 bits per heavy atom. The lowest BCUT2D eigenvalue weighted by Crippen LogP contribution is -2.36. The van der Waals surface area contributed by atoms with E-state index in [0.29, 0.717) is 13.1 Å². The number of nitrogens with zero attached hydrogens (tertiary/aromatic N) is 1. The molecule has 0 radical (unpaired) electrons. The van der Waals surface area contributed by atoms with Crippen LogP contribution in [0.4, 0.5) is 5.69 Å². The maximum absolute atomic E-state index is 11.6. The number of fused-ring (bicyclic) bond motifs is 1. The molecule has 1 aromatic rings. The van der Waals surface area contributed by atoms with Crippen LogP contribution >= 0.6 is 0 Å². The fraction of sp³-hybridized carbons (Fsp3) is 0.429. The molecule has 0 aliphatic carbocycles. The third-order valence-electron chi connectivity index (χ3n) is 3.19. The molecule has 1 aliphatic heterocycles. The Hall–Kier alpha value is -1.84. The topological polar surface area (TPSA) is 49.4 Å². The van der Waals surface area contributed by atoms with Crippen LogP contribution in [0.2, 0.25) is 0 Å². The summed E-state index contributed by atoms with van der Waals surface area (Å²) >= 11 is 0. The SMILES string of the molecule is CCNC(=O)CN1CCc2cc(C(C)=O)ccc21. The number of nitrogens with one attached hydrogen (secondary N) is 1. The van der Waals surface area contributed by atoms with E-state index in [9.17, 15) is 9.59 Å².